The van der Waals surface area contributed by atoms with Gasteiger partial charge in [-0.1, -0.05) is 19.1 Å². The van der Waals surface area contributed by atoms with E-state index in [9.17, 15) is 9.18 Å². The summed E-state index contributed by atoms with van der Waals surface area (Å²) in [5, 5.41) is 0. The predicted molar refractivity (Wildman–Crippen MR) is 105 cm³/mol. The standard InChI is InChI=1S/C21H27FN4O2/c1-16-6-8-26(9-7-16)21(27)18-15-28-20(23-18)14-24-10-12-25(13-11-24)19-5-3-2-4-17(19)22/h2-5,15-16H,6-14H2,1H3. The maximum Gasteiger partial charge on any atom is 0.275 e. The van der Waals surface area contributed by atoms with Crippen LogP contribution in [0.1, 0.15) is 36.1 Å². The van der Waals surface area contributed by atoms with E-state index >= 15 is 0 Å². The molecule has 0 aliphatic carbocycles. The van der Waals surface area contributed by atoms with Crippen LogP contribution in [0.4, 0.5) is 10.1 Å². The number of likely N-dealkylation sites (tertiary alicyclic amines) is 1. The third-order valence-corrected chi connectivity index (χ3v) is 5.77. The number of hydrogen-bond donors (Lipinski definition) is 0. The first kappa shape index (κ1) is 18.9. The van der Waals surface area contributed by atoms with Gasteiger partial charge >= 0.3 is 0 Å². The van der Waals surface area contributed by atoms with Crippen LogP contribution in [0.5, 0.6) is 0 Å². The highest BCUT2D eigenvalue weighted by molar-refractivity contribution is 5.92. The first-order valence-electron chi connectivity index (χ1n) is 10.1. The number of para-hydroxylation sites is 1. The molecule has 0 radical (unpaired) electrons. The molecule has 1 amide bonds. The number of aromatic nitrogens is 1. The van der Waals surface area contributed by atoms with Gasteiger partial charge in [-0.25, -0.2) is 9.37 Å². The largest absolute Gasteiger partial charge is 0.447 e. The third-order valence-electron chi connectivity index (χ3n) is 5.77. The maximum atomic E-state index is 14.0. The Hall–Kier alpha value is -2.41. The molecule has 1 aromatic heterocycles. The zero-order valence-corrected chi connectivity index (χ0v) is 16.3. The molecule has 150 valence electrons. The fourth-order valence-electron chi connectivity index (χ4n) is 3.90. The van der Waals surface area contributed by atoms with Crippen LogP contribution in [0.2, 0.25) is 0 Å². The molecule has 2 saturated heterocycles. The molecule has 6 nitrogen and oxygen atoms in total. The summed E-state index contributed by atoms with van der Waals surface area (Å²) in [6.07, 6.45) is 3.57. The highest BCUT2D eigenvalue weighted by Crippen LogP contribution is 2.21. The summed E-state index contributed by atoms with van der Waals surface area (Å²) in [6.45, 7) is 7.46. The van der Waals surface area contributed by atoms with E-state index in [0.29, 0.717) is 29.7 Å². The highest BCUT2D eigenvalue weighted by Gasteiger charge is 2.25. The summed E-state index contributed by atoms with van der Waals surface area (Å²) in [7, 11) is 0. The minimum Gasteiger partial charge on any atom is -0.447 e. The van der Waals surface area contributed by atoms with Crippen molar-refractivity contribution >= 4 is 11.6 Å². The Morgan fingerprint density at radius 1 is 1.14 bits per heavy atom. The second kappa shape index (κ2) is 8.31. The Balaban J connectivity index is 1.30. The smallest absolute Gasteiger partial charge is 0.275 e. The number of amides is 1. The number of carbonyl (C=O) groups is 1. The molecule has 2 aliphatic rings. The molecular formula is C21H27FN4O2. The Morgan fingerprint density at radius 3 is 2.57 bits per heavy atom. The Bertz CT molecular complexity index is 808. The van der Waals surface area contributed by atoms with Crippen LogP contribution in [0.25, 0.3) is 0 Å². The van der Waals surface area contributed by atoms with Crippen molar-refractivity contribution in [2.75, 3.05) is 44.2 Å². The van der Waals surface area contributed by atoms with E-state index in [1.807, 2.05) is 17.0 Å². The van der Waals surface area contributed by atoms with Crippen LogP contribution in [0, 0.1) is 11.7 Å². The number of piperazine rings is 1. The predicted octanol–water partition coefficient (Wildman–Crippen LogP) is 3.01. The molecule has 2 aromatic rings. The summed E-state index contributed by atoms with van der Waals surface area (Å²) in [5.41, 5.74) is 1.05. The van der Waals surface area contributed by atoms with E-state index in [-0.39, 0.29) is 11.7 Å². The molecular weight excluding hydrogens is 359 g/mol. The van der Waals surface area contributed by atoms with Gasteiger partial charge in [0, 0.05) is 39.3 Å². The van der Waals surface area contributed by atoms with Crippen LogP contribution >= 0.6 is 0 Å². The number of rotatable bonds is 4. The van der Waals surface area contributed by atoms with Crippen LogP contribution in [-0.2, 0) is 6.54 Å². The molecule has 4 rings (SSSR count). The van der Waals surface area contributed by atoms with Gasteiger partial charge in [0.15, 0.2) is 5.69 Å². The second-order valence-electron chi connectivity index (χ2n) is 7.82. The highest BCUT2D eigenvalue weighted by atomic mass is 19.1. The quantitative estimate of drug-likeness (QED) is 0.809. The van der Waals surface area contributed by atoms with Crippen LogP contribution < -0.4 is 4.90 Å². The van der Waals surface area contributed by atoms with E-state index in [1.54, 1.807) is 6.07 Å². The molecule has 0 unspecified atom stereocenters. The molecule has 7 heteroatoms. The minimum absolute atomic E-state index is 0.0359. The molecule has 3 heterocycles. The number of oxazole rings is 1. The van der Waals surface area contributed by atoms with Gasteiger partial charge in [-0.05, 0) is 30.9 Å². The maximum absolute atomic E-state index is 14.0. The van der Waals surface area contributed by atoms with Crippen molar-refractivity contribution < 1.29 is 13.6 Å². The summed E-state index contributed by atoms with van der Waals surface area (Å²) < 4.78 is 19.5. The average Bonchev–Trinajstić information content (AvgIpc) is 3.18. The number of halogens is 1. The zero-order valence-electron chi connectivity index (χ0n) is 16.3. The van der Waals surface area contributed by atoms with Gasteiger partial charge in [-0.3, -0.25) is 9.69 Å². The lowest BCUT2D eigenvalue weighted by molar-refractivity contribution is 0.0691. The molecule has 0 bridgehead atoms. The van der Waals surface area contributed by atoms with Gasteiger partial charge in [0.1, 0.15) is 12.1 Å². The van der Waals surface area contributed by atoms with Crippen molar-refractivity contribution in [2.24, 2.45) is 5.92 Å². The van der Waals surface area contributed by atoms with Crippen LogP contribution in [0.15, 0.2) is 34.9 Å². The number of anilines is 1. The fraction of sp³-hybridized carbons (Fsp3) is 0.524. The Kier molecular flexibility index (Phi) is 5.62. The lowest BCUT2D eigenvalue weighted by Crippen LogP contribution is -2.46. The van der Waals surface area contributed by atoms with Crippen molar-refractivity contribution in [3.05, 3.63) is 47.9 Å². The van der Waals surface area contributed by atoms with Gasteiger partial charge < -0.3 is 14.2 Å². The van der Waals surface area contributed by atoms with Gasteiger partial charge in [0.25, 0.3) is 5.91 Å². The van der Waals surface area contributed by atoms with E-state index in [2.05, 4.69) is 21.7 Å². The summed E-state index contributed by atoms with van der Waals surface area (Å²) in [5.74, 6) is 1.03. The lowest BCUT2D eigenvalue weighted by atomic mass is 9.99. The zero-order chi connectivity index (χ0) is 19.5. The topological polar surface area (TPSA) is 52.8 Å². The first-order valence-corrected chi connectivity index (χ1v) is 10.1. The number of piperidine rings is 1. The average molecular weight is 386 g/mol. The second-order valence-corrected chi connectivity index (χ2v) is 7.82. The monoisotopic (exact) mass is 386 g/mol. The minimum atomic E-state index is -0.182. The molecule has 1 aromatic carbocycles. The van der Waals surface area contributed by atoms with Gasteiger partial charge in [-0.15, -0.1) is 0 Å². The van der Waals surface area contributed by atoms with Crippen molar-refractivity contribution in [1.29, 1.82) is 0 Å². The van der Waals surface area contributed by atoms with Crippen molar-refractivity contribution in [3.63, 3.8) is 0 Å². The first-order chi connectivity index (χ1) is 13.6. The van der Waals surface area contributed by atoms with Gasteiger partial charge in [0.05, 0.1) is 12.2 Å². The van der Waals surface area contributed by atoms with E-state index in [1.165, 1.54) is 12.3 Å². The Morgan fingerprint density at radius 2 is 1.86 bits per heavy atom. The summed E-state index contributed by atoms with van der Waals surface area (Å²) >= 11 is 0. The molecule has 0 atom stereocenters. The summed E-state index contributed by atoms with van der Waals surface area (Å²) in [6, 6.07) is 6.88. The van der Waals surface area contributed by atoms with Crippen molar-refractivity contribution in [2.45, 2.75) is 26.3 Å². The SMILES string of the molecule is CC1CCN(C(=O)c2coc(CN3CCN(c4ccccc4F)CC3)n2)CC1. The molecule has 0 saturated carbocycles. The van der Waals surface area contributed by atoms with Crippen LogP contribution in [-0.4, -0.2) is 60.0 Å². The number of hydrogen-bond acceptors (Lipinski definition) is 5. The lowest BCUT2D eigenvalue weighted by Gasteiger charge is -2.35. The van der Waals surface area contributed by atoms with Crippen molar-refractivity contribution in [1.82, 2.24) is 14.8 Å². The number of nitrogens with zero attached hydrogens (tertiary/aromatic N) is 4. The van der Waals surface area contributed by atoms with E-state index < -0.39 is 0 Å². The molecule has 2 aliphatic heterocycles. The molecule has 0 N–H and O–H groups in total. The van der Waals surface area contributed by atoms with Crippen molar-refractivity contribution in [3.8, 4) is 0 Å². The van der Waals surface area contributed by atoms with E-state index in [0.717, 1.165) is 52.1 Å². The number of benzene rings is 1. The molecule has 0 spiro atoms. The van der Waals surface area contributed by atoms with E-state index in [4.69, 9.17) is 4.42 Å². The molecule has 28 heavy (non-hydrogen) atoms. The summed E-state index contributed by atoms with van der Waals surface area (Å²) in [4.78, 5) is 23.2. The van der Waals surface area contributed by atoms with Gasteiger partial charge in [0.2, 0.25) is 5.89 Å². The van der Waals surface area contributed by atoms with Gasteiger partial charge in [-0.2, -0.15) is 0 Å². The third kappa shape index (κ3) is 4.19. The number of carbonyl (C=O) groups excluding carboxylic acids is 1. The Labute approximate surface area is 164 Å². The molecule has 2 fully saturated rings. The fourth-order valence-corrected chi connectivity index (χ4v) is 3.90. The normalized spacial score (nSPS) is 19.2. The van der Waals surface area contributed by atoms with Crippen LogP contribution in [0.3, 0.4) is 0 Å².